The molecule has 1 heterocycles. The molecule has 1 aromatic carbocycles. The Hall–Kier alpha value is -1.12. The summed E-state index contributed by atoms with van der Waals surface area (Å²) in [5.74, 6) is 0. The third-order valence-electron chi connectivity index (χ3n) is 2.59. The fraction of sp³-hybridized carbons (Fsp3) is 0.231. The summed E-state index contributed by atoms with van der Waals surface area (Å²) >= 11 is 11.4. The zero-order valence-corrected chi connectivity index (χ0v) is 10.8. The van der Waals surface area contributed by atoms with Crippen molar-refractivity contribution in [3.8, 4) is 0 Å². The summed E-state index contributed by atoms with van der Waals surface area (Å²) in [7, 11) is 0. The van der Waals surface area contributed by atoms with E-state index in [9.17, 15) is 4.79 Å². The van der Waals surface area contributed by atoms with E-state index >= 15 is 0 Å². The topological polar surface area (TPSA) is 30.0 Å². The minimum absolute atomic E-state index is 0.278. The summed E-state index contributed by atoms with van der Waals surface area (Å²) < 4.78 is 0. The molecule has 0 saturated carbocycles. The summed E-state index contributed by atoms with van der Waals surface area (Å²) in [5.41, 5.74) is 2.87. The van der Waals surface area contributed by atoms with Crippen LogP contribution >= 0.6 is 23.2 Å². The summed E-state index contributed by atoms with van der Waals surface area (Å²) in [6, 6.07) is 7.97. The van der Waals surface area contributed by atoms with Gasteiger partial charge in [-0.25, -0.2) is 4.98 Å². The standard InChI is InChI=1S/C13H11Cl2NO/c1-8-2-3-9-7-10(4-5-12(14)17)13(15)16-11(9)6-8/h2-3,6-7H,4-5H2,1H3. The maximum Gasteiger partial charge on any atom is 0.221 e. The molecule has 2 aromatic rings. The van der Waals surface area contributed by atoms with Crippen LogP contribution in [0.4, 0.5) is 0 Å². The monoisotopic (exact) mass is 267 g/mol. The van der Waals surface area contributed by atoms with Crippen molar-refractivity contribution in [3.63, 3.8) is 0 Å². The Morgan fingerprint density at radius 1 is 1.35 bits per heavy atom. The Labute approximate surface area is 110 Å². The first-order valence-corrected chi connectivity index (χ1v) is 6.06. The number of benzene rings is 1. The molecule has 17 heavy (non-hydrogen) atoms. The van der Waals surface area contributed by atoms with Crippen LogP contribution in [0.1, 0.15) is 17.5 Å². The Morgan fingerprint density at radius 3 is 2.82 bits per heavy atom. The average molecular weight is 268 g/mol. The highest BCUT2D eigenvalue weighted by Crippen LogP contribution is 2.22. The SMILES string of the molecule is Cc1ccc2cc(CCC(=O)Cl)c(Cl)nc2c1. The van der Waals surface area contributed by atoms with Crippen molar-refractivity contribution in [1.29, 1.82) is 0 Å². The van der Waals surface area contributed by atoms with Gasteiger partial charge >= 0.3 is 0 Å². The van der Waals surface area contributed by atoms with Crippen molar-refractivity contribution in [2.45, 2.75) is 19.8 Å². The Morgan fingerprint density at radius 2 is 2.12 bits per heavy atom. The summed E-state index contributed by atoms with van der Waals surface area (Å²) in [4.78, 5) is 15.1. The van der Waals surface area contributed by atoms with Gasteiger partial charge in [-0.3, -0.25) is 4.79 Å². The highest BCUT2D eigenvalue weighted by atomic mass is 35.5. The number of fused-ring (bicyclic) bond motifs is 1. The van der Waals surface area contributed by atoms with Crippen molar-refractivity contribution in [3.05, 3.63) is 40.5 Å². The maximum atomic E-state index is 10.7. The summed E-state index contributed by atoms with van der Waals surface area (Å²) in [5, 5.41) is 1.11. The molecule has 2 nitrogen and oxygen atoms in total. The van der Waals surface area contributed by atoms with E-state index in [-0.39, 0.29) is 11.7 Å². The lowest BCUT2D eigenvalue weighted by molar-refractivity contribution is -0.111. The maximum absolute atomic E-state index is 10.7. The minimum atomic E-state index is -0.356. The van der Waals surface area contributed by atoms with Gasteiger partial charge in [-0.15, -0.1) is 0 Å². The lowest BCUT2D eigenvalue weighted by Crippen LogP contribution is -1.95. The molecule has 1 aromatic heterocycles. The molecule has 0 fully saturated rings. The van der Waals surface area contributed by atoms with Crippen LogP contribution in [0.5, 0.6) is 0 Å². The molecular weight excluding hydrogens is 257 g/mol. The zero-order chi connectivity index (χ0) is 12.4. The molecule has 4 heteroatoms. The van der Waals surface area contributed by atoms with Gasteiger partial charge in [0.15, 0.2) is 0 Å². The van der Waals surface area contributed by atoms with Gasteiger partial charge in [0.2, 0.25) is 5.24 Å². The molecule has 0 spiro atoms. The number of aryl methyl sites for hydroxylation is 2. The Bertz CT molecular complexity index is 581. The minimum Gasteiger partial charge on any atom is -0.281 e. The highest BCUT2D eigenvalue weighted by Gasteiger charge is 2.07. The second kappa shape index (κ2) is 5.03. The van der Waals surface area contributed by atoms with Crippen LogP contribution in [0, 0.1) is 6.92 Å². The van der Waals surface area contributed by atoms with Crippen molar-refractivity contribution in [2.24, 2.45) is 0 Å². The van der Waals surface area contributed by atoms with Gasteiger partial charge in [0.1, 0.15) is 5.15 Å². The zero-order valence-electron chi connectivity index (χ0n) is 9.34. The van der Waals surface area contributed by atoms with E-state index in [1.807, 2.05) is 31.2 Å². The van der Waals surface area contributed by atoms with Gasteiger partial charge < -0.3 is 0 Å². The Balaban J connectivity index is 2.41. The molecular formula is C13H11Cl2NO. The molecule has 0 atom stereocenters. The number of halogens is 2. The van der Waals surface area contributed by atoms with E-state index in [0.717, 1.165) is 22.0 Å². The number of carbonyl (C=O) groups excluding carboxylic acids is 1. The van der Waals surface area contributed by atoms with E-state index in [4.69, 9.17) is 23.2 Å². The van der Waals surface area contributed by atoms with Crippen molar-refractivity contribution >= 4 is 39.3 Å². The van der Waals surface area contributed by atoms with E-state index < -0.39 is 0 Å². The number of hydrogen-bond acceptors (Lipinski definition) is 2. The molecule has 88 valence electrons. The fourth-order valence-electron chi connectivity index (χ4n) is 1.71. The van der Waals surface area contributed by atoms with Gasteiger partial charge in [-0.2, -0.15) is 0 Å². The first-order valence-electron chi connectivity index (χ1n) is 5.30. The average Bonchev–Trinajstić information content (AvgIpc) is 2.26. The van der Waals surface area contributed by atoms with Gasteiger partial charge in [-0.1, -0.05) is 23.7 Å². The number of carbonyl (C=O) groups is 1. The van der Waals surface area contributed by atoms with Gasteiger partial charge in [0.05, 0.1) is 5.52 Å². The van der Waals surface area contributed by atoms with Crippen LogP contribution in [0.15, 0.2) is 24.3 Å². The normalized spacial score (nSPS) is 10.8. The summed E-state index contributed by atoms with van der Waals surface area (Å²) in [6.07, 6.45) is 0.804. The number of nitrogens with zero attached hydrogens (tertiary/aromatic N) is 1. The molecule has 0 aliphatic heterocycles. The number of pyridine rings is 1. The van der Waals surface area contributed by atoms with Crippen LogP contribution in [0.3, 0.4) is 0 Å². The Kier molecular flexibility index (Phi) is 3.65. The summed E-state index contributed by atoms with van der Waals surface area (Å²) in [6.45, 7) is 2.01. The molecule has 0 amide bonds. The van der Waals surface area contributed by atoms with Crippen LogP contribution < -0.4 is 0 Å². The second-order valence-electron chi connectivity index (χ2n) is 3.99. The molecule has 0 N–H and O–H groups in total. The first-order chi connectivity index (χ1) is 8.06. The predicted molar refractivity (Wildman–Crippen MR) is 70.7 cm³/mol. The molecule has 0 saturated heterocycles. The van der Waals surface area contributed by atoms with Crippen molar-refractivity contribution in [1.82, 2.24) is 4.98 Å². The molecule has 0 unspecified atom stereocenters. The van der Waals surface area contributed by atoms with Crippen LogP contribution in [0.25, 0.3) is 10.9 Å². The van der Waals surface area contributed by atoms with Crippen molar-refractivity contribution in [2.75, 3.05) is 0 Å². The van der Waals surface area contributed by atoms with Crippen LogP contribution in [0.2, 0.25) is 5.15 Å². The van der Waals surface area contributed by atoms with Crippen LogP contribution in [-0.2, 0) is 11.2 Å². The van der Waals surface area contributed by atoms with E-state index in [1.165, 1.54) is 0 Å². The largest absolute Gasteiger partial charge is 0.281 e. The molecule has 2 rings (SSSR count). The molecule has 0 aliphatic carbocycles. The third kappa shape index (κ3) is 2.96. The highest BCUT2D eigenvalue weighted by molar-refractivity contribution is 6.63. The molecule has 0 bridgehead atoms. The number of hydrogen-bond donors (Lipinski definition) is 0. The van der Waals surface area contributed by atoms with Crippen LogP contribution in [-0.4, -0.2) is 10.2 Å². The van der Waals surface area contributed by atoms with Gasteiger partial charge in [0, 0.05) is 11.8 Å². The smallest absolute Gasteiger partial charge is 0.221 e. The fourth-order valence-corrected chi connectivity index (χ4v) is 2.04. The van der Waals surface area contributed by atoms with Crippen molar-refractivity contribution < 1.29 is 4.79 Å². The van der Waals surface area contributed by atoms with E-state index in [2.05, 4.69) is 4.98 Å². The lowest BCUT2D eigenvalue weighted by Gasteiger charge is -2.05. The molecule has 0 radical (unpaired) electrons. The third-order valence-corrected chi connectivity index (χ3v) is 3.11. The predicted octanol–water partition coefficient (Wildman–Crippen LogP) is 3.89. The number of aromatic nitrogens is 1. The first kappa shape index (κ1) is 12.3. The second-order valence-corrected chi connectivity index (χ2v) is 4.77. The lowest BCUT2D eigenvalue weighted by atomic mass is 10.1. The molecule has 0 aliphatic rings. The number of rotatable bonds is 3. The quantitative estimate of drug-likeness (QED) is 0.624. The van der Waals surface area contributed by atoms with Gasteiger partial charge in [-0.05, 0) is 48.2 Å². The van der Waals surface area contributed by atoms with E-state index in [0.29, 0.717) is 11.6 Å². The van der Waals surface area contributed by atoms with E-state index in [1.54, 1.807) is 0 Å². The van der Waals surface area contributed by atoms with Gasteiger partial charge in [0.25, 0.3) is 0 Å².